The van der Waals surface area contributed by atoms with Crippen molar-refractivity contribution >= 4 is 44.3 Å². The zero-order chi connectivity index (χ0) is 14.3. The summed E-state index contributed by atoms with van der Waals surface area (Å²) in [5.41, 5.74) is 0.469. The first-order valence-electron chi connectivity index (χ1n) is 5.74. The van der Waals surface area contributed by atoms with E-state index in [4.69, 9.17) is 16.0 Å². The molecule has 0 radical (unpaired) electrons. The number of hydrogen-bond acceptors (Lipinski definition) is 2. The zero-order valence-electron chi connectivity index (χ0n) is 9.99. The van der Waals surface area contributed by atoms with Crippen LogP contribution in [0, 0.1) is 5.82 Å². The van der Waals surface area contributed by atoms with E-state index >= 15 is 0 Å². The second kappa shape index (κ2) is 5.04. The van der Waals surface area contributed by atoms with Crippen molar-refractivity contribution in [3.63, 3.8) is 0 Å². The van der Waals surface area contributed by atoms with Gasteiger partial charge >= 0.3 is 0 Å². The fourth-order valence-corrected chi connectivity index (χ4v) is 2.35. The average Bonchev–Trinajstić information content (AvgIpc) is 2.86. The molecule has 5 heteroatoms. The third-order valence-electron chi connectivity index (χ3n) is 2.90. The Labute approximate surface area is 127 Å². The van der Waals surface area contributed by atoms with Crippen LogP contribution in [0.1, 0.15) is 16.1 Å². The summed E-state index contributed by atoms with van der Waals surface area (Å²) in [6, 6.07) is 10.9. The number of rotatable bonds is 2. The Morgan fingerprint density at radius 2 is 2.00 bits per heavy atom. The predicted molar refractivity (Wildman–Crippen MR) is 78.8 cm³/mol. The van der Waals surface area contributed by atoms with E-state index in [0.717, 1.165) is 0 Å². The molecule has 20 heavy (non-hydrogen) atoms. The van der Waals surface area contributed by atoms with E-state index < -0.39 is 5.82 Å². The Morgan fingerprint density at radius 1 is 1.20 bits per heavy atom. The number of ketones is 1. The summed E-state index contributed by atoms with van der Waals surface area (Å²) in [5, 5.41) is 0.981. The largest absolute Gasteiger partial charge is 0.449 e. The van der Waals surface area contributed by atoms with Gasteiger partial charge in [-0.1, -0.05) is 23.7 Å². The van der Waals surface area contributed by atoms with E-state index in [1.807, 2.05) is 0 Å². The molecule has 0 bridgehead atoms. The number of furan rings is 1. The van der Waals surface area contributed by atoms with E-state index in [2.05, 4.69) is 15.9 Å². The predicted octanol–water partition coefficient (Wildman–Crippen LogP) is 5.22. The molecule has 1 heterocycles. The first-order valence-corrected chi connectivity index (χ1v) is 6.91. The van der Waals surface area contributed by atoms with Crippen molar-refractivity contribution in [2.75, 3.05) is 0 Å². The van der Waals surface area contributed by atoms with Gasteiger partial charge in [-0.3, -0.25) is 4.79 Å². The quantitative estimate of drug-likeness (QED) is 0.591. The number of carbonyl (C=O) groups is 1. The summed E-state index contributed by atoms with van der Waals surface area (Å²) >= 11 is 9.22. The molecule has 100 valence electrons. The Hall–Kier alpha value is -1.65. The summed E-state index contributed by atoms with van der Waals surface area (Å²) in [5.74, 6) is -0.742. The molecule has 3 aromatic rings. The first-order chi connectivity index (χ1) is 9.56. The molecule has 0 amide bonds. The minimum atomic E-state index is -0.490. The van der Waals surface area contributed by atoms with Crippen LogP contribution in [0.5, 0.6) is 0 Å². The standard InChI is InChI=1S/C15H7BrClFO2/c16-10-5-4-8(6-11(10)17)14(19)13-7-9-2-1-3-12(18)15(9)20-13/h1-7H. The Morgan fingerprint density at radius 3 is 2.70 bits per heavy atom. The zero-order valence-corrected chi connectivity index (χ0v) is 12.3. The lowest BCUT2D eigenvalue weighted by molar-refractivity contribution is 0.101. The fourth-order valence-electron chi connectivity index (χ4n) is 1.92. The molecule has 2 aromatic carbocycles. The smallest absolute Gasteiger partial charge is 0.228 e. The molecule has 3 rings (SSSR count). The van der Waals surface area contributed by atoms with Crippen molar-refractivity contribution in [2.24, 2.45) is 0 Å². The summed E-state index contributed by atoms with van der Waals surface area (Å²) in [4.78, 5) is 12.3. The van der Waals surface area contributed by atoms with Crippen LogP contribution in [-0.2, 0) is 0 Å². The second-order valence-electron chi connectivity index (χ2n) is 4.23. The van der Waals surface area contributed by atoms with Gasteiger partial charge in [-0.05, 0) is 46.3 Å². The number of para-hydroxylation sites is 1. The normalized spacial score (nSPS) is 10.9. The van der Waals surface area contributed by atoms with Crippen molar-refractivity contribution in [3.8, 4) is 0 Å². The van der Waals surface area contributed by atoms with Gasteiger partial charge in [-0.25, -0.2) is 4.39 Å². The minimum Gasteiger partial charge on any atom is -0.449 e. The van der Waals surface area contributed by atoms with E-state index in [9.17, 15) is 9.18 Å². The van der Waals surface area contributed by atoms with E-state index in [1.165, 1.54) is 18.2 Å². The molecule has 2 nitrogen and oxygen atoms in total. The van der Waals surface area contributed by atoms with Gasteiger partial charge in [-0.15, -0.1) is 0 Å². The van der Waals surface area contributed by atoms with Crippen LogP contribution in [0.15, 0.2) is 51.4 Å². The van der Waals surface area contributed by atoms with Crippen LogP contribution in [0.4, 0.5) is 4.39 Å². The highest BCUT2D eigenvalue weighted by atomic mass is 79.9. The monoisotopic (exact) mass is 352 g/mol. The number of benzene rings is 2. The van der Waals surface area contributed by atoms with Crippen molar-refractivity contribution in [2.45, 2.75) is 0 Å². The summed E-state index contributed by atoms with van der Waals surface area (Å²) < 4.78 is 19.6. The van der Waals surface area contributed by atoms with E-state index in [0.29, 0.717) is 20.4 Å². The number of hydrogen-bond donors (Lipinski definition) is 0. The van der Waals surface area contributed by atoms with E-state index in [-0.39, 0.29) is 17.1 Å². The maximum absolute atomic E-state index is 13.6. The molecule has 0 aliphatic rings. The molecule has 0 aliphatic carbocycles. The Bertz CT molecular complexity index is 826. The fraction of sp³-hybridized carbons (Fsp3) is 0. The van der Waals surface area contributed by atoms with Crippen LogP contribution < -0.4 is 0 Å². The third-order valence-corrected chi connectivity index (χ3v) is 4.13. The van der Waals surface area contributed by atoms with Crippen molar-refractivity contribution < 1.29 is 13.6 Å². The van der Waals surface area contributed by atoms with Gasteiger partial charge in [0.2, 0.25) is 5.78 Å². The highest BCUT2D eigenvalue weighted by Crippen LogP contribution is 2.27. The van der Waals surface area contributed by atoms with Gasteiger partial charge in [0.15, 0.2) is 17.2 Å². The van der Waals surface area contributed by atoms with Gasteiger partial charge in [-0.2, -0.15) is 0 Å². The van der Waals surface area contributed by atoms with Crippen LogP contribution in [0.25, 0.3) is 11.0 Å². The van der Waals surface area contributed by atoms with Gasteiger partial charge in [0.25, 0.3) is 0 Å². The first kappa shape index (κ1) is 13.3. The maximum atomic E-state index is 13.6. The van der Waals surface area contributed by atoms with Crippen LogP contribution in [0.2, 0.25) is 5.02 Å². The molecule has 0 atom stereocenters. The molecular weight excluding hydrogens is 347 g/mol. The second-order valence-corrected chi connectivity index (χ2v) is 5.49. The molecule has 0 aliphatic heterocycles. The topological polar surface area (TPSA) is 30.2 Å². The summed E-state index contributed by atoms with van der Waals surface area (Å²) in [6.07, 6.45) is 0. The van der Waals surface area contributed by atoms with Crippen molar-refractivity contribution in [1.29, 1.82) is 0 Å². The Kier molecular flexibility index (Phi) is 3.36. The van der Waals surface area contributed by atoms with Crippen molar-refractivity contribution in [3.05, 3.63) is 69.1 Å². The lowest BCUT2D eigenvalue weighted by Gasteiger charge is -2.00. The molecule has 0 N–H and O–H groups in total. The molecule has 0 saturated heterocycles. The summed E-state index contributed by atoms with van der Waals surface area (Å²) in [6.45, 7) is 0. The number of halogens is 3. The number of carbonyl (C=O) groups excluding carboxylic acids is 1. The lowest BCUT2D eigenvalue weighted by atomic mass is 10.1. The van der Waals surface area contributed by atoms with Crippen LogP contribution in [-0.4, -0.2) is 5.78 Å². The lowest BCUT2D eigenvalue weighted by Crippen LogP contribution is -1.99. The van der Waals surface area contributed by atoms with Gasteiger partial charge in [0.1, 0.15) is 0 Å². The highest BCUT2D eigenvalue weighted by molar-refractivity contribution is 9.10. The molecule has 0 spiro atoms. The molecule has 0 fully saturated rings. The maximum Gasteiger partial charge on any atom is 0.228 e. The van der Waals surface area contributed by atoms with Crippen molar-refractivity contribution in [1.82, 2.24) is 0 Å². The Balaban J connectivity index is 2.08. The summed E-state index contributed by atoms with van der Waals surface area (Å²) in [7, 11) is 0. The minimum absolute atomic E-state index is 0.0825. The van der Waals surface area contributed by atoms with Gasteiger partial charge in [0, 0.05) is 15.4 Å². The molecular formula is C15H7BrClFO2. The molecule has 1 aromatic heterocycles. The van der Waals surface area contributed by atoms with Gasteiger partial charge in [0.05, 0.1) is 5.02 Å². The molecule has 0 saturated carbocycles. The van der Waals surface area contributed by atoms with Gasteiger partial charge < -0.3 is 4.42 Å². The van der Waals surface area contributed by atoms with E-state index in [1.54, 1.807) is 24.3 Å². The SMILES string of the molecule is O=C(c1ccc(Br)c(Cl)c1)c1cc2cccc(F)c2o1. The average molecular weight is 354 g/mol. The number of fused-ring (bicyclic) bond motifs is 1. The van der Waals surface area contributed by atoms with Crippen LogP contribution >= 0.6 is 27.5 Å². The van der Waals surface area contributed by atoms with Crippen LogP contribution in [0.3, 0.4) is 0 Å². The highest BCUT2D eigenvalue weighted by Gasteiger charge is 2.17. The third kappa shape index (κ3) is 2.25. The molecule has 0 unspecified atom stereocenters.